The molecule has 3 heterocycles. The third-order valence-electron chi connectivity index (χ3n) is 6.06. The quantitative estimate of drug-likeness (QED) is 0.789. The number of ether oxygens (including phenoxy) is 2. The molecule has 4 aliphatic rings. The van der Waals surface area contributed by atoms with Gasteiger partial charge in [-0.25, -0.2) is 0 Å². The number of likely N-dealkylation sites (tertiary alicyclic amines) is 1. The summed E-state index contributed by atoms with van der Waals surface area (Å²) in [7, 11) is 0. The van der Waals surface area contributed by atoms with Crippen molar-refractivity contribution in [1.29, 1.82) is 0 Å². The van der Waals surface area contributed by atoms with Crippen LogP contribution in [0.2, 0.25) is 0 Å². The maximum atomic E-state index is 12.9. The summed E-state index contributed by atoms with van der Waals surface area (Å²) in [4.78, 5) is 17.9. The van der Waals surface area contributed by atoms with Gasteiger partial charge in [0.15, 0.2) is 0 Å². The molecule has 4 fully saturated rings. The Morgan fingerprint density at radius 3 is 2.13 bits per heavy atom. The van der Waals surface area contributed by atoms with Gasteiger partial charge < -0.3 is 14.4 Å². The van der Waals surface area contributed by atoms with Gasteiger partial charge >= 0.3 is 0 Å². The lowest BCUT2D eigenvalue weighted by Gasteiger charge is -2.39. The molecule has 1 saturated carbocycles. The van der Waals surface area contributed by atoms with Crippen molar-refractivity contribution in [2.24, 2.45) is 5.92 Å². The van der Waals surface area contributed by atoms with Crippen LogP contribution >= 0.6 is 0 Å². The summed E-state index contributed by atoms with van der Waals surface area (Å²) in [6, 6.07) is 1.51. The maximum Gasteiger partial charge on any atom is 0.226 e. The smallest absolute Gasteiger partial charge is 0.226 e. The Hall–Kier alpha value is -0.650. The van der Waals surface area contributed by atoms with E-state index in [9.17, 15) is 4.79 Å². The molecule has 1 amide bonds. The zero-order chi connectivity index (χ0) is 15.6. The molecule has 3 saturated heterocycles. The summed E-state index contributed by atoms with van der Waals surface area (Å²) in [5.41, 5.74) is 0. The van der Waals surface area contributed by atoms with E-state index in [2.05, 4.69) is 9.80 Å². The molecule has 0 spiro atoms. The molecule has 3 aliphatic heterocycles. The van der Waals surface area contributed by atoms with Gasteiger partial charge in [0.2, 0.25) is 5.91 Å². The largest absolute Gasteiger partial charge is 0.381 e. The van der Waals surface area contributed by atoms with E-state index in [-0.39, 0.29) is 0 Å². The van der Waals surface area contributed by atoms with Crippen LogP contribution in [0.3, 0.4) is 0 Å². The Labute approximate surface area is 139 Å². The van der Waals surface area contributed by atoms with Gasteiger partial charge in [-0.1, -0.05) is 0 Å². The second-order valence-corrected chi connectivity index (χ2v) is 7.64. The molecule has 0 aromatic heterocycles. The fourth-order valence-corrected chi connectivity index (χ4v) is 4.54. The van der Waals surface area contributed by atoms with Crippen LogP contribution in [0.4, 0.5) is 0 Å². The van der Waals surface area contributed by atoms with E-state index in [0.717, 1.165) is 84.5 Å². The molecule has 5 heteroatoms. The normalized spacial score (nSPS) is 31.4. The van der Waals surface area contributed by atoms with Crippen molar-refractivity contribution in [1.82, 2.24) is 9.80 Å². The monoisotopic (exact) mass is 322 g/mol. The number of rotatable bonds is 4. The van der Waals surface area contributed by atoms with Crippen LogP contribution in [0.25, 0.3) is 0 Å². The van der Waals surface area contributed by atoms with Crippen molar-refractivity contribution in [2.45, 2.75) is 63.1 Å². The molecule has 4 rings (SSSR count). The summed E-state index contributed by atoms with van der Waals surface area (Å²) in [6.45, 7) is 5.64. The molecule has 23 heavy (non-hydrogen) atoms. The van der Waals surface area contributed by atoms with E-state index in [1.54, 1.807) is 0 Å². The van der Waals surface area contributed by atoms with Gasteiger partial charge in [0.1, 0.15) is 0 Å². The molecule has 0 radical (unpaired) electrons. The third-order valence-corrected chi connectivity index (χ3v) is 6.06. The first kappa shape index (κ1) is 15.9. The summed E-state index contributed by atoms with van der Waals surface area (Å²) in [5, 5.41) is 0. The fraction of sp³-hybridized carbons (Fsp3) is 0.944. The number of carbonyl (C=O) groups excluding carboxylic acids is 1. The average Bonchev–Trinajstić information content (AvgIpc) is 3.36. The van der Waals surface area contributed by atoms with Gasteiger partial charge in [-0.15, -0.1) is 0 Å². The lowest BCUT2D eigenvalue weighted by Crippen LogP contribution is -2.51. The Bertz CT molecular complexity index is 414. The molecule has 0 N–H and O–H groups in total. The highest BCUT2D eigenvalue weighted by molar-refractivity contribution is 5.81. The van der Waals surface area contributed by atoms with E-state index in [1.165, 1.54) is 0 Å². The third kappa shape index (κ3) is 3.57. The van der Waals surface area contributed by atoms with Crippen molar-refractivity contribution in [3.05, 3.63) is 0 Å². The molecule has 0 aromatic carbocycles. The van der Waals surface area contributed by atoms with Gasteiger partial charge in [0, 0.05) is 63.6 Å². The molecular weight excluding hydrogens is 292 g/mol. The standard InChI is InChI=1S/C18H30N2O3/c21-18(14-1-2-14)20(16-6-11-23-12-7-16)17-3-8-19(13-17)15-4-9-22-10-5-15/h14-17H,1-13H2. The van der Waals surface area contributed by atoms with Crippen molar-refractivity contribution >= 4 is 5.91 Å². The Balaban J connectivity index is 1.42. The minimum atomic E-state index is 0.329. The van der Waals surface area contributed by atoms with Crippen molar-refractivity contribution in [3.8, 4) is 0 Å². The zero-order valence-corrected chi connectivity index (χ0v) is 14.1. The number of carbonyl (C=O) groups is 1. The van der Waals surface area contributed by atoms with Crippen LogP contribution in [0, 0.1) is 5.92 Å². The Kier molecular flexibility index (Phi) is 4.88. The summed E-state index contributed by atoms with van der Waals surface area (Å²) >= 11 is 0. The summed E-state index contributed by atoms with van der Waals surface area (Å²) in [5.74, 6) is 0.769. The number of amides is 1. The fourth-order valence-electron chi connectivity index (χ4n) is 4.54. The Morgan fingerprint density at radius 1 is 0.826 bits per heavy atom. The Morgan fingerprint density at radius 2 is 1.48 bits per heavy atom. The highest BCUT2D eigenvalue weighted by atomic mass is 16.5. The van der Waals surface area contributed by atoms with Crippen LogP contribution in [-0.2, 0) is 14.3 Å². The lowest BCUT2D eigenvalue weighted by atomic mass is 10.0. The lowest BCUT2D eigenvalue weighted by molar-refractivity contribution is -0.139. The van der Waals surface area contributed by atoms with E-state index in [0.29, 0.717) is 30.0 Å². The van der Waals surface area contributed by atoms with E-state index >= 15 is 0 Å². The van der Waals surface area contributed by atoms with Crippen LogP contribution in [-0.4, -0.2) is 73.3 Å². The highest BCUT2D eigenvalue weighted by Gasteiger charge is 2.42. The van der Waals surface area contributed by atoms with Crippen LogP contribution in [0.1, 0.15) is 44.9 Å². The number of nitrogens with zero attached hydrogens (tertiary/aromatic N) is 2. The zero-order valence-electron chi connectivity index (χ0n) is 14.1. The van der Waals surface area contributed by atoms with E-state index in [1.807, 2.05) is 0 Å². The average molecular weight is 322 g/mol. The van der Waals surface area contributed by atoms with Gasteiger partial charge in [-0.3, -0.25) is 9.69 Å². The first-order valence-corrected chi connectivity index (χ1v) is 9.54. The van der Waals surface area contributed by atoms with Gasteiger partial charge in [-0.05, 0) is 44.9 Å². The first-order valence-electron chi connectivity index (χ1n) is 9.54. The maximum absolute atomic E-state index is 12.9. The summed E-state index contributed by atoms with van der Waals surface area (Å²) < 4.78 is 11.0. The first-order chi connectivity index (χ1) is 11.3. The van der Waals surface area contributed by atoms with Gasteiger partial charge in [0.25, 0.3) is 0 Å². The molecule has 1 aliphatic carbocycles. The molecule has 5 nitrogen and oxygen atoms in total. The molecule has 1 atom stereocenters. The molecular formula is C18H30N2O3. The second-order valence-electron chi connectivity index (χ2n) is 7.64. The minimum Gasteiger partial charge on any atom is -0.381 e. The van der Waals surface area contributed by atoms with Gasteiger partial charge in [0.05, 0.1) is 0 Å². The van der Waals surface area contributed by atoms with Gasteiger partial charge in [-0.2, -0.15) is 0 Å². The molecule has 130 valence electrons. The minimum absolute atomic E-state index is 0.329. The predicted octanol–water partition coefficient (Wildman–Crippen LogP) is 1.66. The molecule has 1 unspecified atom stereocenters. The van der Waals surface area contributed by atoms with E-state index < -0.39 is 0 Å². The number of hydrogen-bond donors (Lipinski definition) is 0. The summed E-state index contributed by atoms with van der Waals surface area (Å²) in [6.07, 6.45) is 7.71. The predicted molar refractivity (Wildman–Crippen MR) is 87.2 cm³/mol. The van der Waals surface area contributed by atoms with Crippen molar-refractivity contribution in [2.75, 3.05) is 39.5 Å². The molecule has 0 aromatic rings. The van der Waals surface area contributed by atoms with Crippen molar-refractivity contribution < 1.29 is 14.3 Å². The molecule has 0 bridgehead atoms. The van der Waals surface area contributed by atoms with Crippen LogP contribution in [0.5, 0.6) is 0 Å². The number of hydrogen-bond acceptors (Lipinski definition) is 4. The van der Waals surface area contributed by atoms with Crippen LogP contribution in [0.15, 0.2) is 0 Å². The highest BCUT2D eigenvalue weighted by Crippen LogP contribution is 2.35. The van der Waals surface area contributed by atoms with E-state index in [4.69, 9.17) is 9.47 Å². The second kappa shape index (κ2) is 7.08. The SMILES string of the molecule is O=C(C1CC1)N(C1CCOCC1)C1CCN(C2CCOCC2)C1. The van der Waals surface area contributed by atoms with Crippen molar-refractivity contribution in [3.63, 3.8) is 0 Å². The van der Waals surface area contributed by atoms with Crippen LogP contribution < -0.4 is 0 Å². The topological polar surface area (TPSA) is 42.0 Å².